The van der Waals surface area contributed by atoms with Crippen LogP contribution in [-0.4, -0.2) is 18.5 Å². The summed E-state index contributed by atoms with van der Waals surface area (Å²) in [5.41, 5.74) is 0. The summed E-state index contributed by atoms with van der Waals surface area (Å²) < 4.78 is 0. The van der Waals surface area contributed by atoms with Crippen molar-refractivity contribution in [2.75, 3.05) is 12.4 Å². The minimum absolute atomic E-state index is 0.638. The summed E-state index contributed by atoms with van der Waals surface area (Å²) in [6, 6.07) is 0.638. The van der Waals surface area contributed by atoms with Gasteiger partial charge in [-0.15, -0.1) is 11.6 Å². The van der Waals surface area contributed by atoms with Crippen molar-refractivity contribution in [2.24, 2.45) is 0 Å². The van der Waals surface area contributed by atoms with E-state index in [9.17, 15) is 0 Å². The van der Waals surface area contributed by atoms with E-state index in [1.807, 2.05) is 0 Å². The fraction of sp³-hybridized carbons (Fsp3) is 1.00. The molecule has 74 valence electrons. The number of unbranched alkanes of at least 4 members (excludes halogenated alkanes) is 2. The largest absolute Gasteiger partial charge is 0.314 e. The third-order valence-electron chi connectivity index (χ3n) is 2.16. The summed E-state index contributed by atoms with van der Waals surface area (Å²) >= 11 is 5.68. The summed E-state index contributed by atoms with van der Waals surface area (Å²) in [5.74, 6) is 0.777. The predicted molar refractivity (Wildman–Crippen MR) is 56.9 cm³/mol. The molecule has 0 radical (unpaired) electrons. The molecule has 0 bridgehead atoms. The van der Waals surface area contributed by atoms with Crippen LogP contribution in [0, 0.1) is 0 Å². The van der Waals surface area contributed by atoms with E-state index in [1.54, 1.807) is 0 Å². The fourth-order valence-corrected chi connectivity index (χ4v) is 1.53. The molecule has 0 aromatic heterocycles. The fourth-order valence-electron chi connectivity index (χ4n) is 1.26. The van der Waals surface area contributed by atoms with Crippen molar-refractivity contribution in [1.29, 1.82) is 0 Å². The van der Waals surface area contributed by atoms with Crippen LogP contribution in [0.1, 0.15) is 46.0 Å². The zero-order valence-electron chi connectivity index (χ0n) is 8.41. The highest BCUT2D eigenvalue weighted by atomic mass is 35.5. The third-order valence-corrected chi connectivity index (χ3v) is 2.38. The van der Waals surface area contributed by atoms with Crippen molar-refractivity contribution in [1.82, 2.24) is 5.32 Å². The lowest BCUT2D eigenvalue weighted by molar-refractivity contribution is 0.474. The summed E-state index contributed by atoms with van der Waals surface area (Å²) in [4.78, 5) is 0. The molecule has 0 saturated carbocycles. The Labute approximate surface area is 81.9 Å². The normalized spacial score (nSPS) is 13.2. The zero-order chi connectivity index (χ0) is 9.23. The van der Waals surface area contributed by atoms with E-state index < -0.39 is 0 Å². The van der Waals surface area contributed by atoms with Crippen molar-refractivity contribution in [3.8, 4) is 0 Å². The predicted octanol–water partition coefficient (Wildman–Crippen LogP) is 3.17. The molecule has 1 atom stereocenters. The maximum atomic E-state index is 5.68. The molecule has 0 aliphatic carbocycles. The second-order valence-electron chi connectivity index (χ2n) is 3.24. The summed E-state index contributed by atoms with van der Waals surface area (Å²) in [7, 11) is 0. The maximum Gasteiger partial charge on any atom is 0.0238 e. The monoisotopic (exact) mass is 191 g/mol. The van der Waals surface area contributed by atoms with Gasteiger partial charge in [0.25, 0.3) is 0 Å². The second kappa shape index (κ2) is 9.34. The Bertz CT molecular complexity index is 85.9. The molecule has 0 heterocycles. The van der Waals surface area contributed by atoms with E-state index in [2.05, 4.69) is 19.2 Å². The topological polar surface area (TPSA) is 12.0 Å². The molecular formula is C10H22ClN. The highest BCUT2D eigenvalue weighted by Gasteiger charge is 2.02. The molecule has 1 unspecified atom stereocenters. The highest BCUT2D eigenvalue weighted by Crippen LogP contribution is 2.00. The lowest BCUT2D eigenvalue weighted by Crippen LogP contribution is -2.29. The van der Waals surface area contributed by atoms with Crippen molar-refractivity contribution in [3.05, 3.63) is 0 Å². The maximum absolute atomic E-state index is 5.68. The van der Waals surface area contributed by atoms with Crippen LogP contribution in [0.4, 0.5) is 0 Å². The lowest BCUT2D eigenvalue weighted by atomic mass is 10.1. The number of halogens is 1. The van der Waals surface area contributed by atoms with Gasteiger partial charge in [-0.2, -0.15) is 0 Å². The molecule has 2 heteroatoms. The van der Waals surface area contributed by atoms with Gasteiger partial charge in [-0.25, -0.2) is 0 Å². The third kappa shape index (κ3) is 6.93. The quantitative estimate of drug-likeness (QED) is 0.459. The minimum atomic E-state index is 0.638. The summed E-state index contributed by atoms with van der Waals surface area (Å²) in [6.45, 7) is 5.60. The van der Waals surface area contributed by atoms with E-state index in [1.165, 1.54) is 25.7 Å². The van der Waals surface area contributed by atoms with Crippen LogP contribution < -0.4 is 5.32 Å². The number of hydrogen-bond acceptors (Lipinski definition) is 1. The second-order valence-corrected chi connectivity index (χ2v) is 3.62. The van der Waals surface area contributed by atoms with Crippen molar-refractivity contribution in [2.45, 2.75) is 52.0 Å². The van der Waals surface area contributed by atoms with Crippen LogP contribution in [-0.2, 0) is 0 Å². The molecule has 0 aromatic carbocycles. The zero-order valence-corrected chi connectivity index (χ0v) is 9.16. The molecule has 12 heavy (non-hydrogen) atoms. The Morgan fingerprint density at radius 3 is 2.50 bits per heavy atom. The standard InChI is InChI=1S/C10H22ClN/c1-3-5-6-9-12-10(4-2)7-8-11/h10,12H,3-9H2,1-2H3. The van der Waals surface area contributed by atoms with E-state index in [0.717, 1.165) is 18.8 Å². The van der Waals surface area contributed by atoms with Gasteiger partial charge in [-0.3, -0.25) is 0 Å². The molecule has 0 amide bonds. The number of hydrogen-bond donors (Lipinski definition) is 1. The van der Waals surface area contributed by atoms with Crippen molar-refractivity contribution in [3.63, 3.8) is 0 Å². The van der Waals surface area contributed by atoms with Crippen molar-refractivity contribution >= 4 is 11.6 Å². The highest BCUT2D eigenvalue weighted by molar-refractivity contribution is 6.17. The van der Waals surface area contributed by atoms with Crippen LogP contribution in [0.3, 0.4) is 0 Å². The van der Waals surface area contributed by atoms with Gasteiger partial charge in [-0.05, 0) is 25.8 Å². The van der Waals surface area contributed by atoms with Gasteiger partial charge >= 0.3 is 0 Å². The first-order chi connectivity index (χ1) is 5.85. The first-order valence-corrected chi connectivity index (χ1v) is 5.67. The Balaban J connectivity index is 3.19. The first kappa shape index (κ1) is 12.2. The summed E-state index contributed by atoms with van der Waals surface area (Å²) in [6.07, 6.45) is 6.23. The average molecular weight is 192 g/mol. The Kier molecular flexibility index (Phi) is 9.53. The molecule has 1 N–H and O–H groups in total. The number of alkyl halides is 1. The molecule has 1 nitrogen and oxygen atoms in total. The molecule has 0 aliphatic heterocycles. The molecule has 0 spiro atoms. The Morgan fingerprint density at radius 2 is 2.00 bits per heavy atom. The molecular weight excluding hydrogens is 170 g/mol. The Hall–Kier alpha value is 0.250. The van der Waals surface area contributed by atoms with Gasteiger partial charge < -0.3 is 5.32 Å². The van der Waals surface area contributed by atoms with Crippen LogP contribution in [0.15, 0.2) is 0 Å². The smallest absolute Gasteiger partial charge is 0.0238 e. The average Bonchev–Trinajstić information content (AvgIpc) is 2.10. The van der Waals surface area contributed by atoms with Crippen LogP contribution in [0.2, 0.25) is 0 Å². The Morgan fingerprint density at radius 1 is 1.25 bits per heavy atom. The molecule has 0 fully saturated rings. The van der Waals surface area contributed by atoms with E-state index in [-0.39, 0.29) is 0 Å². The van der Waals surface area contributed by atoms with Gasteiger partial charge in [0.15, 0.2) is 0 Å². The number of nitrogens with one attached hydrogen (secondary N) is 1. The SMILES string of the molecule is CCCCCNC(CC)CCCl. The number of rotatable bonds is 8. The van der Waals surface area contributed by atoms with Crippen LogP contribution in [0.5, 0.6) is 0 Å². The van der Waals surface area contributed by atoms with E-state index >= 15 is 0 Å². The van der Waals surface area contributed by atoms with Gasteiger partial charge in [0.2, 0.25) is 0 Å². The molecule has 0 aromatic rings. The first-order valence-electron chi connectivity index (χ1n) is 5.14. The van der Waals surface area contributed by atoms with Crippen molar-refractivity contribution < 1.29 is 0 Å². The van der Waals surface area contributed by atoms with Crippen LogP contribution in [0.25, 0.3) is 0 Å². The lowest BCUT2D eigenvalue weighted by Gasteiger charge is -2.14. The summed E-state index contributed by atoms with van der Waals surface area (Å²) in [5, 5.41) is 3.52. The molecule has 0 saturated heterocycles. The van der Waals surface area contributed by atoms with Crippen LogP contribution >= 0.6 is 11.6 Å². The van der Waals surface area contributed by atoms with Gasteiger partial charge in [-0.1, -0.05) is 26.7 Å². The van der Waals surface area contributed by atoms with Gasteiger partial charge in [0.05, 0.1) is 0 Å². The van der Waals surface area contributed by atoms with Gasteiger partial charge in [0, 0.05) is 11.9 Å². The van der Waals surface area contributed by atoms with E-state index in [0.29, 0.717) is 6.04 Å². The molecule has 0 rings (SSSR count). The van der Waals surface area contributed by atoms with Gasteiger partial charge in [0.1, 0.15) is 0 Å². The van der Waals surface area contributed by atoms with E-state index in [4.69, 9.17) is 11.6 Å². The minimum Gasteiger partial charge on any atom is -0.314 e. The molecule has 0 aliphatic rings.